The molecule has 0 saturated heterocycles. The van der Waals surface area contributed by atoms with Gasteiger partial charge in [0.15, 0.2) is 0 Å². The summed E-state index contributed by atoms with van der Waals surface area (Å²) in [7, 11) is 0. The van der Waals surface area contributed by atoms with Crippen LogP contribution in [0.3, 0.4) is 0 Å². The van der Waals surface area contributed by atoms with E-state index in [-0.39, 0.29) is 23.6 Å². The average Bonchev–Trinajstić information content (AvgIpc) is 2.92. The number of aryl methyl sites for hydroxylation is 1. The summed E-state index contributed by atoms with van der Waals surface area (Å²) in [6.45, 7) is 0.363. The number of nitrogens with one attached hydrogen (secondary N) is 1. The molecule has 2 aromatic rings. The zero-order valence-electron chi connectivity index (χ0n) is 10.6. The molecule has 9 heteroatoms. The topological polar surface area (TPSA) is 97.1 Å². The number of hydrogen-bond donors (Lipinski definition) is 2. The highest BCUT2D eigenvalue weighted by molar-refractivity contribution is 9.11. The number of rotatable bonds is 5. The molecule has 2 rings (SSSR count). The van der Waals surface area contributed by atoms with E-state index in [0.29, 0.717) is 15.5 Å². The van der Waals surface area contributed by atoms with Crippen LogP contribution in [0, 0.1) is 0 Å². The normalized spacial score (nSPS) is 10.4. The molecule has 1 aromatic heterocycles. The van der Waals surface area contributed by atoms with E-state index in [0.717, 1.165) is 0 Å². The molecule has 0 fully saturated rings. The lowest BCUT2D eigenvalue weighted by Gasteiger charge is -2.11. The number of carboxylic acids is 1. The first-order valence-corrected chi connectivity index (χ1v) is 7.40. The van der Waals surface area contributed by atoms with Crippen LogP contribution < -0.4 is 5.32 Å². The van der Waals surface area contributed by atoms with Crippen molar-refractivity contribution >= 4 is 49.4 Å². The van der Waals surface area contributed by atoms with E-state index in [9.17, 15) is 14.7 Å². The number of anilines is 1. The zero-order chi connectivity index (χ0) is 15.4. The molecule has 1 heterocycles. The second kappa shape index (κ2) is 6.81. The summed E-state index contributed by atoms with van der Waals surface area (Å²) in [5.74, 6) is -1.43. The Bertz CT molecular complexity index is 673. The third kappa shape index (κ3) is 4.11. The highest BCUT2D eigenvalue weighted by Crippen LogP contribution is 2.31. The van der Waals surface area contributed by atoms with Crippen LogP contribution in [-0.4, -0.2) is 31.7 Å². The molecule has 0 spiro atoms. The maximum Gasteiger partial charge on any atom is 0.337 e. The fourth-order valence-electron chi connectivity index (χ4n) is 1.64. The minimum atomic E-state index is -1.12. The van der Waals surface area contributed by atoms with E-state index in [1.54, 1.807) is 6.07 Å². The van der Waals surface area contributed by atoms with E-state index in [2.05, 4.69) is 47.3 Å². The number of benzene rings is 1. The quantitative estimate of drug-likeness (QED) is 0.778. The van der Waals surface area contributed by atoms with Crippen molar-refractivity contribution in [2.45, 2.75) is 13.0 Å². The Morgan fingerprint density at radius 1 is 1.33 bits per heavy atom. The Morgan fingerprint density at radius 2 is 2.10 bits per heavy atom. The molecular formula is C12H10Br2N4O3. The van der Waals surface area contributed by atoms with Crippen molar-refractivity contribution < 1.29 is 14.7 Å². The van der Waals surface area contributed by atoms with E-state index >= 15 is 0 Å². The molecule has 110 valence electrons. The van der Waals surface area contributed by atoms with Gasteiger partial charge >= 0.3 is 5.97 Å². The molecule has 0 bridgehead atoms. The lowest BCUT2D eigenvalue weighted by molar-refractivity contribution is -0.116. The molecule has 0 aliphatic carbocycles. The number of hydrogen-bond acceptors (Lipinski definition) is 4. The van der Waals surface area contributed by atoms with Gasteiger partial charge in [-0.05, 0) is 28.1 Å². The fourth-order valence-corrected chi connectivity index (χ4v) is 2.96. The first kappa shape index (κ1) is 15.6. The van der Waals surface area contributed by atoms with E-state index in [1.807, 2.05) is 0 Å². The molecule has 1 amide bonds. The highest BCUT2D eigenvalue weighted by atomic mass is 79.9. The maximum atomic E-state index is 11.9. The van der Waals surface area contributed by atoms with Crippen molar-refractivity contribution in [3.63, 3.8) is 0 Å². The van der Waals surface area contributed by atoms with Gasteiger partial charge in [0.1, 0.15) is 12.7 Å². The largest absolute Gasteiger partial charge is 0.478 e. The van der Waals surface area contributed by atoms with Gasteiger partial charge in [-0.15, -0.1) is 0 Å². The predicted molar refractivity (Wildman–Crippen MR) is 82.1 cm³/mol. The third-order valence-corrected chi connectivity index (χ3v) is 3.67. The van der Waals surface area contributed by atoms with Crippen LogP contribution >= 0.6 is 31.9 Å². The molecule has 21 heavy (non-hydrogen) atoms. The summed E-state index contributed by atoms with van der Waals surface area (Å²) >= 11 is 6.46. The molecule has 0 atom stereocenters. The van der Waals surface area contributed by atoms with Crippen molar-refractivity contribution in [2.24, 2.45) is 0 Å². The smallest absolute Gasteiger partial charge is 0.337 e. The van der Waals surface area contributed by atoms with E-state index < -0.39 is 5.97 Å². The maximum absolute atomic E-state index is 11.9. The van der Waals surface area contributed by atoms with Gasteiger partial charge < -0.3 is 10.4 Å². The van der Waals surface area contributed by atoms with Gasteiger partial charge in [-0.1, -0.05) is 15.9 Å². The standard InChI is InChI=1S/C12H10Br2N4O3/c13-7-3-8(12(20)21)11(9(14)4-7)17-10(19)1-2-18-6-15-5-16-18/h3-6H,1-2H2,(H,17,19)(H,20,21). The number of aromatic nitrogens is 3. The number of carbonyl (C=O) groups is 2. The second-order valence-electron chi connectivity index (χ2n) is 4.07. The third-order valence-electron chi connectivity index (χ3n) is 2.58. The summed E-state index contributed by atoms with van der Waals surface area (Å²) in [4.78, 5) is 26.9. The monoisotopic (exact) mass is 416 g/mol. The minimum Gasteiger partial charge on any atom is -0.478 e. The summed E-state index contributed by atoms with van der Waals surface area (Å²) in [6, 6.07) is 3.10. The molecule has 2 N–H and O–H groups in total. The van der Waals surface area contributed by atoms with Crippen molar-refractivity contribution in [1.29, 1.82) is 0 Å². The van der Waals surface area contributed by atoms with E-state index in [4.69, 9.17) is 0 Å². The minimum absolute atomic E-state index is 0.00496. The first-order chi connectivity index (χ1) is 9.97. The van der Waals surface area contributed by atoms with Crippen LogP contribution in [0.5, 0.6) is 0 Å². The summed E-state index contributed by atoms with van der Waals surface area (Å²) < 4.78 is 2.62. The molecule has 0 unspecified atom stereocenters. The predicted octanol–water partition coefficient (Wildman–Crippen LogP) is 2.53. The van der Waals surface area contributed by atoms with Crippen LogP contribution in [0.4, 0.5) is 5.69 Å². The molecule has 0 aliphatic heterocycles. The van der Waals surface area contributed by atoms with E-state index in [1.165, 1.54) is 23.4 Å². The fraction of sp³-hybridized carbons (Fsp3) is 0.167. The highest BCUT2D eigenvalue weighted by Gasteiger charge is 2.16. The van der Waals surface area contributed by atoms with Gasteiger partial charge in [0.05, 0.1) is 17.8 Å². The van der Waals surface area contributed by atoms with Gasteiger partial charge in [-0.2, -0.15) is 5.10 Å². The van der Waals surface area contributed by atoms with Crippen LogP contribution in [-0.2, 0) is 11.3 Å². The lowest BCUT2D eigenvalue weighted by atomic mass is 10.1. The first-order valence-electron chi connectivity index (χ1n) is 5.82. The zero-order valence-corrected chi connectivity index (χ0v) is 13.8. The number of amides is 1. The van der Waals surface area contributed by atoms with Crippen LogP contribution in [0.25, 0.3) is 0 Å². The Balaban J connectivity index is 2.11. The van der Waals surface area contributed by atoms with Gasteiger partial charge in [-0.3, -0.25) is 9.48 Å². The van der Waals surface area contributed by atoms with Crippen LogP contribution in [0.2, 0.25) is 0 Å². The van der Waals surface area contributed by atoms with Crippen molar-refractivity contribution in [3.8, 4) is 0 Å². The number of carboxylic acid groups (broad SMARTS) is 1. The lowest BCUT2D eigenvalue weighted by Crippen LogP contribution is -2.17. The number of nitrogens with zero attached hydrogens (tertiary/aromatic N) is 3. The molecule has 7 nitrogen and oxygen atoms in total. The Morgan fingerprint density at radius 3 is 2.71 bits per heavy atom. The number of aromatic carboxylic acids is 1. The second-order valence-corrected chi connectivity index (χ2v) is 5.84. The van der Waals surface area contributed by atoms with Gasteiger partial charge in [-0.25, -0.2) is 9.78 Å². The molecule has 0 saturated carbocycles. The SMILES string of the molecule is O=C(CCn1cncn1)Nc1c(Br)cc(Br)cc1C(=O)O. The number of halogens is 2. The average molecular weight is 418 g/mol. The van der Waals surface area contributed by atoms with Crippen molar-refractivity contribution in [3.05, 3.63) is 39.3 Å². The van der Waals surface area contributed by atoms with Gasteiger partial charge in [0.2, 0.25) is 5.91 Å². The van der Waals surface area contributed by atoms with Crippen LogP contribution in [0.1, 0.15) is 16.8 Å². The van der Waals surface area contributed by atoms with Gasteiger partial charge in [0, 0.05) is 15.4 Å². The molecule has 0 radical (unpaired) electrons. The summed E-state index contributed by atoms with van der Waals surface area (Å²) in [5, 5.41) is 15.7. The Labute approximate surface area is 136 Å². The van der Waals surface area contributed by atoms with Crippen molar-refractivity contribution in [2.75, 3.05) is 5.32 Å². The molecule has 1 aromatic carbocycles. The number of carbonyl (C=O) groups excluding carboxylic acids is 1. The molecular weight excluding hydrogens is 408 g/mol. The van der Waals surface area contributed by atoms with Crippen LogP contribution in [0.15, 0.2) is 33.7 Å². The Hall–Kier alpha value is -1.74. The summed E-state index contributed by atoms with van der Waals surface area (Å²) in [6.07, 6.45) is 3.04. The summed E-state index contributed by atoms with van der Waals surface area (Å²) in [5.41, 5.74) is 0.236. The molecule has 0 aliphatic rings. The van der Waals surface area contributed by atoms with Crippen molar-refractivity contribution in [1.82, 2.24) is 14.8 Å². The van der Waals surface area contributed by atoms with Gasteiger partial charge in [0.25, 0.3) is 0 Å². The Kier molecular flexibility index (Phi) is 5.07.